The fourth-order valence-electron chi connectivity index (χ4n) is 1.66. The van der Waals surface area contributed by atoms with E-state index in [1.54, 1.807) is 0 Å². The molecule has 1 aliphatic carbocycles. The molecule has 0 radical (unpaired) electrons. The molecule has 3 atom stereocenters. The van der Waals surface area contributed by atoms with Gasteiger partial charge in [0.05, 0.1) is 5.70 Å². The van der Waals surface area contributed by atoms with Gasteiger partial charge in [-0.3, -0.25) is 0 Å². The smallest absolute Gasteiger partial charge is 0.166 e. The molecule has 2 aliphatic rings. The van der Waals surface area contributed by atoms with Crippen LogP contribution in [0.25, 0.3) is 0 Å². The second-order valence-corrected chi connectivity index (χ2v) is 3.26. The largest absolute Gasteiger partial charge is 0.473 e. The molecular weight excluding hydrogens is 126 g/mol. The van der Waals surface area contributed by atoms with E-state index in [0.29, 0.717) is 11.8 Å². The van der Waals surface area contributed by atoms with Crippen molar-refractivity contribution in [1.82, 2.24) is 5.32 Å². The van der Waals surface area contributed by atoms with Gasteiger partial charge in [0.2, 0.25) is 0 Å². The minimum atomic E-state index is 0.206. The predicted octanol–water partition coefficient (Wildman–Crippen LogP) is 1.45. The van der Waals surface area contributed by atoms with E-state index in [1.807, 2.05) is 6.92 Å². The maximum Gasteiger partial charge on any atom is 0.166 e. The molecular formula is C8H13NO. The van der Waals surface area contributed by atoms with Gasteiger partial charge in [-0.1, -0.05) is 13.8 Å². The quantitative estimate of drug-likeness (QED) is 0.548. The summed E-state index contributed by atoms with van der Waals surface area (Å²) in [4.78, 5) is 0. The normalized spacial score (nSPS) is 43.7. The molecule has 0 fully saturated rings. The Kier molecular flexibility index (Phi) is 1.02. The zero-order chi connectivity index (χ0) is 7.30. The van der Waals surface area contributed by atoms with Crippen molar-refractivity contribution in [3.05, 3.63) is 11.5 Å². The van der Waals surface area contributed by atoms with Crippen LogP contribution in [0.4, 0.5) is 0 Å². The first-order valence-corrected chi connectivity index (χ1v) is 3.87. The van der Waals surface area contributed by atoms with Gasteiger partial charge in [0.25, 0.3) is 0 Å². The Bertz CT molecular complexity index is 177. The fourth-order valence-corrected chi connectivity index (χ4v) is 1.66. The number of ether oxygens (including phenoxy) is 1. The third-order valence-corrected chi connectivity index (χ3v) is 2.55. The molecule has 0 aromatic carbocycles. The maximum absolute atomic E-state index is 5.51. The molecule has 2 rings (SSSR count). The molecule has 10 heavy (non-hydrogen) atoms. The molecule has 1 N–H and O–H groups in total. The van der Waals surface area contributed by atoms with Crippen LogP contribution in [-0.4, -0.2) is 6.23 Å². The Labute approximate surface area is 61.3 Å². The average molecular weight is 139 g/mol. The molecule has 2 unspecified atom stereocenters. The van der Waals surface area contributed by atoms with Crippen molar-refractivity contribution < 1.29 is 4.74 Å². The van der Waals surface area contributed by atoms with Gasteiger partial charge >= 0.3 is 0 Å². The summed E-state index contributed by atoms with van der Waals surface area (Å²) >= 11 is 0. The van der Waals surface area contributed by atoms with E-state index in [4.69, 9.17) is 4.74 Å². The summed E-state index contributed by atoms with van der Waals surface area (Å²) in [6.07, 6.45) is 0.206. The number of hydrogen-bond donors (Lipinski definition) is 1. The Hall–Kier alpha value is -0.660. The van der Waals surface area contributed by atoms with Crippen molar-refractivity contribution in [1.29, 1.82) is 0 Å². The Morgan fingerprint density at radius 1 is 1.20 bits per heavy atom. The highest BCUT2D eigenvalue weighted by Crippen LogP contribution is 2.43. The summed E-state index contributed by atoms with van der Waals surface area (Å²) in [5.41, 5.74) is 1.33. The lowest BCUT2D eigenvalue weighted by atomic mass is 9.80. The Morgan fingerprint density at radius 2 is 1.90 bits per heavy atom. The van der Waals surface area contributed by atoms with Crippen LogP contribution >= 0.6 is 0 Å². The molecule has 0 aromatic rings. The molecule has 1 aliphatic heterocycles. The number of hydrogen-bond acceptors (Lipinski definition) is 2. The number of allylic oxidation sites excluding steroid dienone is 2. The summed E-state index contributed by atoms with van der Waals surface area (Å²) < 4.78 is 5.51. The van der Waals surface area contributed by atoms with Crippen LogP contribution in [0.2, 0.25) is 0 Å². The van der Waals surface area contributed by atoms with Gasteiger partial charge in [0.1, 0.15) is 5.76 Å². The van der Waals surface area contributed by atoms with Crippen molar-refractivity contribution in [2.75, 3.05) is 0 Å². The van der Waals surface area contributed by atoms with Gasteiger partial charge < -0.3 is 10.1 Å². The summed E-state index contributed by atoms with van der Waals surface area (Å²) in [7, 11) is 0. The van der Waals surface area contributed by atoms with Gasteiger partial charge in [0.15, 0.2) is 6.23 Å². The highest BCUT2D eigenvalue weighted by atomic mass is 16.5. The first kappa shape index (κ1) is 6.08. The van der Waals surface area contributed by atoms with E-state index >= 15 is 0 Å². The fraction of sp³-hybridized carbons (Fsp3) is 0.750. The van der Waals surface area contributed by atoms with Crippen LogP contribution in [0.3, 0.4) is 0 Å². The number of nitrogens with one attached hydrogen (secondary N) is 1. The highest BCUT2D eigenvalue weighted by Gasteiger charge is 2.41. The van der Waals surface area contributed by atoms with E-state index < -0.39 is 0 Å². The summed E-state index contributed by atoms with van der Waals surface area (Å²) in [6, 6.07) is 0. The SMILES string of the molecule is CC1C2=C(O[C@@H](C)N2)C1C. The Balaban J connectivity index is 2.19. The van der Waals surface area contributed by atoms with Crippen LogP contribution < -0.4 is 5.32 Å². The average Bonchev–Trinajstić information content (AvgIpc) is 2.27. The molecule has 0 bridgehead atoms. The van der Waals surface area contributed by atoms with Crippen molar-refractivity contribution >= 4 is 0 Å². The molecule has 1 heterocycles. The lowest BCUT2D eigenvalue weighted by Crippen LogP contribution is -2.29. The first-order valence-electron chi connectivity index (χ1n) is 3.87. The molecule has 2 heteroatoms. The number of rotatable bonds is 0. The van der Waals surface area contributed by atoms with Crippen LogP contribution in [0.15, 0.2) is 11.5 Å². The van der Waals surface area contributed by atoms with Crippen molar-refractivity contribution in [3.63, 3.8) is 0 Å². The van der Waals surface area contributed by atoms with E-state index in [2.05, 4.69) is 19.2 Å². The first-order chi connectivity index (χ1) is 4.70. The van der Waals surface area contributed by atoms with Gasteiger partial charge in [-0.2, -0.15) is 0 Å². The van der Waals surface area contributed by atoms with Crippen LogP contribution in [0.1, 0.15) is 20.8 Å². The molecule has 0 saturated carbocycles. The summed E-state index contributed by atoms with van der Waals surface area (Å²) in [5, 5.41) is 3.29. The van der Waals surface area contributed by atoms with E-state index in [0.717, 1.165) is 0 Å². The predicted molar refractivity (Wildman–Crippen MR) is 39.0 cm³/mol. The van der Waals surface area contributed by atoms with E-state index in [9.17, 15) is 0 Å². The molecule has 0 saturated heterocycles. The summed E-state index contributed by atoms with van der Waals surface area (Å²) in [6.45, 7) is 6.49. The molecule has 2 nitrogen and oxygen atoms in total. The Morgan fingerprint density at radius 3 is 2.50 bits per heavy atom. The van der Waals surface area contributed by atoms with E-state index in [1.165, 1.54) is 11.5 Å². The molecule has 0 spiro atoms. The molecule has 0 amide bonds. The van der Waals surface area contributed by atoms with Crippen molar-refractivity contribution in [2.24, 2.45) is 11.8 Å². The maximum atomic E-state index is 5.51. The standard InChI is InChI=1S/C8H13NO/c1-4-5(2)8-7(4)9-6(3)10-8/h4-6,9H,1-3H3/t4?,5?,6-/m0/s1. The van der Waals surface area contributed by atoms with E-state index in [-0.39, 0.29) is 6.23 Å². The van der Waals surface area contributed by atoms with Gasteiger partial charge in [0, 0.05) is 11.8 Å². The highest BCUT2D eigenvalue weighted by molar-refractivity contribution is 5.28. The summed E-state index contributed by atoms with van der Waals surface area (Å²) in [5.74, 6) is 2.51. The van der Waals surface area contributed by atoms with Gasteiger partial charge in [-0.15, -0.1) is 0 Å². The van der Waals surface area contributed by atoms with Crippen LogP contribution in [0.5, 0.6) is 0 Å². The molecule has 0 aromatic heterocycles. The van der Waals surface area contributed by atoms with Crippen LogP contribution in [0, 0.1) is 11.8 Å². The third-order valence-electron chi connectivity index (χ3n) is 2.55. The van der Waals surface area contributed by atoms with Crippen molar-refractivity contribution in [2.45, 2.75) is 27.0 Å². The third kappa shape index (κ3) is 0.542. The topological polar surface area (TPSA) is 21.3 Å². The van der Waals surface area contributed by atoms with Gasteiger partial charge in [-0.05, 0) is 6.92 Å². The molecule has 56 valence electrons. The minimum absolute atomic E-state index is 0.206. The van der Waals surface area contributed by atoms with Crippen LogP contribution in [-0.2, 0) is 4.74 Å². The lowest BCUT2D eigenvalue weighted by Gasteiger charge is -2.30. The zero-order valence-corrected chi connectivity index (χ0v) is 6.64. The second-order valence-electron chi connectivity index (χ2n) is 3.26. The van der Waals surface area contributed by atoms with Crippen molar-refractivity contribution in [3.8, 4) is 0 Å². The monoisotopic (exact) mass is 139 g/mol. The second kappa shape index (κ2) is 1.68. The lowest BCUT2D eigenvalue weighted by molar-refractivity contribution is 0.117. The minimum Gasteiger partial charge on any atom is -0.473 e. The zero-order valence-electron chi connectivity index (χ0n) is 6.64. The van der Waals surface area contributed by atoms with Gasteiger partial charge in [-0.25, -0.2) is 0 Å².